The highest BCUT2D eigenvalue weighted by atomic mass is 32.2. The van der Waals surface area contributed by atoms with Crippen LogP contribution in [0.1, 0.15) is 17.3 Å². The lowest BCUT2D eigenvalue weighted by molar-refractivity contribution is -0.113. The molecule has 2 aromatic carbocycles. The van der Waals surface area contributed by atoms with Crippen molar-refractivity contribution in [3.8, 4) is 23.0 Å². The van der Waals surface area contributed by atoms with Crippen molar-refractivity contribution in [2.75, 3.05) is 31.9 Å². The molecule has 1 heterocycles. The van der Waals surface area contributed by atoms with Gasteiger partial charge in [-0.05, 0) is 37.3 Å². The van der Waals surface area contributed by atoms with Crippen LogP contribution in [-0.2, 0) is 9.53 Å². The Hall–Kier alpha value is -3.53. The van der Waals surface area contributed by atoms with E-state index in [1.54, 1.807) is 56.5 Å². The minimum absolute atomic E-state index is 0.0466. The van der Waals surface area contributed by atoms with E-state index in [4.69, 9.17) is 18.6 Å². The van der Waals surface area contributed by atoms with Crippen LogP contribution in [0.5, 0.6) is 11.5 Å². The van der Waals surface area contributed by atoms with E-state index in [-0.39, 0.29) is 29.4 Å². The van der Waals surface area contributed by atoms with Crippen LogP contribution in [-0.4, -0.2) is 48.7 Å². The SMILES string of the molecule is CCOC(=O)c1cccc(NC(=O)CSc2nnc(-c3ccc(OC)cc3OC)o2)c1. The molecule has 162 valence electrons. The quantitative estimate of drug-likeness (QED) is 0.391. The molecule has 0 aliphatic heterocycles. The van der Waals surface area contributed by atoms with Gasteiger partial charge >= 0.3 is 5.97 Å². The van der Waals surface area contributed by atoms with Gasteiger partial charge in [-0.25, -0.2) is 4.79 Å². The smallest absolute Gasteiger partial charge is 0.338 e. The summed E-state index contributed by atoms with van der Waals surface area (Å²) in [5, 5.41) is 11.0. The average molecular weight is 443 g/mol. The molecule has 0 saturated carbocycles. The summed E-state index contributed by atoms with van der Waals surface area (Å²) >= 11 is 1.09. The van der Waals surface area contributed by atoms with E-state index >= 15 is 0 Å². The molecule has 1 aromatic heterocycles. The average Bonchev–Trinajstić information content (AvgIpc) is 3.26. The van der Waals surface area contributed by atoms with Crippen LogP contribution in [0.3, 0.4) is 0 Å². The van der Waals surface area contributed by atoms with Crippen LogP contribution < -0.4 is 14.8 Å². The van der Waals surface area contributed by atoms with E-state index in [1.165, 1.54) is 7.11 Å². The fourth-order valence-electron chi connectivity index (χ4n) is 2.61. The van der Waals surface area contributed by atoms with Crippen molar-refractivity contribution in [1.29, 1.82) is 0 Å². The van der Waals surface area contributed by atoms with Crippen LogP contribution >= 0.6 is 11.8 Å². The van der Waals surface area contributed by atoms with E-state index in [1.807, 2.05) is 0 Å². The van der Waals surface area contributed by atoms with Gasteiger partial charge in [0, 0.05) is 11.8 Å². The summed E-state index contributed by atoms with van der Waals surface area (Å²) in [6, 6.07) is 11.8. The van der Waals surface area contributed by atoms with Gasteiger partial charge in [0.25, 0.3) is 11.1 Å². The van der Waals surface area contributed by atoms with E-state index in [0.29, 0.717) is 28.3 Å². The van der Waals surface area contributed by atoms with Crippen LogP contribution in [0.25, 0.3) is 11.5 Å². The molecule has 9 nitrogen and oxygen atoms in total. The lowest BCUT2D eigenvalue weighted by Crippen LogP contribution is -2.14. The maximum absolute atomic E-state index is 12.3. The first-order chi connectivity index (χ1) is 15.0. The van der Waals surface area contributed by atoms with Crippen LogP contribution in [0.4, 0.5) is 5.69 Å². The van der Waals surface area contributed by atoms with Crippen molar-refractivity contribution >= 4 is 29.3 Å². The zero-order valence-corrected chi connectivity index (χ0v) is 18.0. The van der Waals surface area contributed by atoms with Crippen LogP contribution in [0.2, 0.25) is 0 Å². The molecular weight excluding hydrogens is 422 g/mol. The summed E-state index contributed by atoms with van der Waals surface area (Å²) < 4.78 is 21.1. The second-order valence-corrected chi connectivity index (χ2v) is 7.00. The molecule has 0 aliphatic carbocycles. The van der Waals surface area contributed by atoms with Crippen molar-refractivity contribution in [3.63, 3.8) is 0 Å². The minimum Gasteiger partial charge on any atom is -0.497 e. The predicted molar refractivity (Wildman–Crippen MR) is 115 cm³/mol. The third kappa shape index (κ3) is 5.76. The highest BCUT2D eigenvalue weighted by molar-refractivity contribution is 7.99. The Morgan fingerprint density at radius 1 is 1.10 bits per heavy atom. The predicted octanol–water partition coefficient (Wildman–Crippen LogP) is 3.66. The van der Waals surface area contributed by atoms with Crippen LogP contribution in [0, 0.1) is 0 Å². The number of esters is 1. The summed E-state index contributed by atoms with van der Waals surface area (Å²) in [5.74, 6) is 0.750. The van der Waals surface area contributed by atoms with Crippen molar-refractivity contribution < 1.29 is 28.2 Å². The molecule has 10 heteroatoms. The Morgan fingerprint density at radius 3 is 2.68 bits per heavy atom. The highest BCUT2D eigenvalue weighted by Gasteiger charge is 2.16. The number of carbonyl (C=O) groups excluding carboxylic acids is 2. The fraction of sp³-hybridized carbons (Fsp3) is 0.238. The number of carbonyl (C=O) groups is 2. The zero-order valence-electron chi connectivity index (χ0n) is 17.2. The number of aromatic nitrogens is 2. The van der Waals surface area contributed by atoms with E-state index < -0.39 is 5.97 Å². The van der Waals surface area contributed by atoms with E-state index in [2.05, 4.69) is 15.5 Å². The van der Waals surface area contributed by atoms with Crippen molar-refractivity contribution in [2.24, 2.45) is 0 Å². The summed E-state index contributed by atoms with van der Waals surface area (Å²) in [7, 11) is 3.10. The number of rotatable bonds is 9. The molecule has 0 fully saturated rings. The van der Waals surface area contributed by atoms with E-state index in [9.17, 15) is 9.59 Å². The van der Waals surface area contributed by atoms with Gasteiger partial charge in [-0.1, -0.05) is 17.8 Å². The Kier molecular flexibility index (Phi) is 7.50. The third-order valence-corrected chi connectivity index (χ3v) is 4.85. The Morgan fingerprint density at radius 2 is 1.94 bits per heavy atom. The van der Waals surface area contributed by atoms with Gasteiger partial charge in [-0.15, -0.1) is 10.2 Å². The van der Waals surface area contributed by atoms with E-state index in [0.717, 1.165) is 11.8 Å². The molecule has 3 aromatic rings. The normalized spacial score (nSPS) is 10.4. The molecule has 0 spiro atoms. The summed E-state index contributed by atoms with van der Waals surface area (Å²) in [6.45, 7) is 2.01. The number of ether oxygens (including phenoxy) is 3. The number of methoxy groups -OCH3 is 2. The monoisotopic (exact) mass is 443 g/mol. The Bertz CT molecular complexity index is 1070. The van der Waals surface area contributed by atoms with Crippen molar-refractivity contribution in [3.05, 3.63) is 48.0 Å². The first-order valence-electron chi connectivity index (χ1n) is 9.29. The number of hydrogen-bond donors (Lipinski definition) is 1. The molecule has 31 heavy (non-hydrogen) atoms. The van der Waals surface area contributed by atoms with Gasteiger partial charge in [-0.3, -0.25) is 4.79 Å². The maximum atomic E-state index is 12.3. The maximum Gasteiger partial charge on any atom is 0.338 e. The second-order valence-electron chi connectivity index (χ2n) is 6.08. The lowest BCUT2D eigenvalue weighted by atomic mass is 10.2. The molecule has 0 radical (unpaired) electrons. The number of thioether (sulfide) groups is 1. The number of amides is 1. The largest absolute Gasteiger partial charge is 0.497 e. The minimum atomic E-state index is -0.444. The van der Waals surface area contributed by atoms with Gasteiger partial charge in [0.15, 0.2) is 0 Å². The van der Waals surface area contributed by atoms with Gasteiger partial charge in [-0.2, -0.15) is 0 Å². The zero-order chi connectivity index (χ0) is 22.2. The summed E-state index contributed by atoms with van der Waals surface area (Å²) in [6.07, 6.45) is 0. The molecule has 0 unspecified atom stereocenters. The van der Waals surface area contributed by atoms with Gasteiger partial charge in [0.2, 0.25) is 5.91 Å². The highest BCUT2D eigenvalue weighted by Crippen LogP contribution is 2.33. The third-order valence-electron chi connectivity index (χ3n) is 4.03. The van der Waals surface area contributed by atoms with Gasteiger partial charge in [0.05, 0.1) is 37.7 Å². The summed E-state index contributed by atoms with van der Waals surface area (Å²) in [4.78, 5) is 24.1. The standard InChI is InChI=1S/C21H21N3O6S/c1-4-29-20(26)13-6-5-7-14(10-13)22-18(25)12-31-21-24-23-19(30-21)16-9-8-15(27-2)11-17(16)28-3/h5-11H,4,12H2,1-3H3,(H,22,25). The van der Waals surface area contributed by atoms with Crippen molar-refractivity contribution in [2.45, 2.75) is 12.1 Å². The first-order valence-corrected chi connectivity index (χ1v) is 10.3. The van der Waals surface area contributed by atoms with Crippen molar-refractivity contribution in [1.82, 2.24) is 10.2 Å². The Balaban J connectivity index is 1.60. The fourth-order valence-corrected chi connectivity index (χ4v) is 3.18. The number of nitrogens with zero attached hydrogens (tertiary/aromatic N) is 2. The second kappa shape index (κ2) is 10.5. The number of anilines is 1. The molecule has 0 saturated heterocycles. The lowest BCUT2D eigenvalue weighted by Gasteiger charge is -2.07. The Labute approximate surface area is 183 Å². The molecule has 1 N–H and O–H groups in total. The molecule has 0 bridgehead atoms. The number of nitrogens with one attached hydrogen (secondary N) is 1. The van der Waals surface area contributed by atoms with Gasteiger partial charge < -0.3 is 23.9 Å². The number of benzene rings is 2. The molecular formula is C21H21N3O6S. The summed E-state index contributed by atoms with van der Waals surface area (Å²) in [5.41, 5.74) is 1.47. The first kappa shape index (κ1) is 22.2. The molecule has 1 amide bonds. The molecule has 3 rings (SSSR count). The van der Waals surface area contributed by atoms with Crippen LogP contribution in [0.15, 0.2) is 52.1 Å². The van der Waals surface area contributed by atoms with Gasteiger partial charge in [0.1, 0.15) is 11.5 Å². The number of hydrogen-bond acceptors (Lipinski definition) is 9. The molecule has 0 atom stereocenters. The topological polar surface area (TPSA) is 113 Å². The molecule has 0 aliphatic rings.